The third kappa shape index (κ3) is 3.42. The minimum atomic E-state index is 0.0962. The van der Waals surface area contributed by atoms with Gasteiger partial charge in [0.2, 0.25) is 0 Å². The summed E-state index contributed by atoms with van der Waals surface area (Å²) in [7, 11) is 0. The van der Waals surface area contributed by atoms with Crippen LogP contribution in [0, 0.1) is 0 Å². The average Bonchev–Trinajstić information content (AvgIpc) is 1.89. The van der Waals surface area contributed by atoms with Gasteiger partial charge in [0, 0.05) is 8.96 Å². The molecule has 0 aliphatic heterocycles. The van der Waals surface area contributed by atoms with E-state index in [1.807, 2.05) is 12.2 Å². The Balaban J connectivity index is 3.03. The Labute approximate surface area is 97.2 Å². The molecule has 0 spiro atoms. The molecule has 11 heavy (non-hydrogen) atoms. The first-order valence-corrected chi connectivity index (χ1v) is 5.80. The van der Waals surface area contributed by atoms with Gasteiger partial charge in [-0.05, 0) is 19.1 Å². The quantitative estimate of drug-likeness (QED) is 0.428. The molecule has 0 amide bonds. The summed E-state index contributed by atoms with van der Waals surface area (Å²) < 4.78 is 2.35. The normalized spacial score (nSPS) is 22.2. The zero-order valence-electron chi connectivity index (χ0n) is 5.94. The van der Waals surface area contributed by atoms with Crippen molar-refractivity contribution in [1.29, 1.82) is 0 Å². The summed E-state index contributed by atoms with van der Waals surface area (Å²) in [5.74, 6) is 0. The molecule has 0 radical (unpaired) electrons. The fraction of sp³-hybridized carbons (Fsp3) is 0.250. The van der Waals surface area contributed by atoms with Crippen LogP contribution in [0.1, 0.15) is 6.92 Å². The van der Waals surface area contributed by atoms with Gasteiger partial charge in [0.1, 0.15) is 0 Å². The molecule has 0 aromatic heterocycles. The van der Waals surface area contributed by atoms with E-state index in [9.17, 15) is 0 Å². The fourth-order valence-electron chi connectivity index (χ4n) is 0.836. The predicted octanol–water partition coefficient (Wildman–Crippen LogP) is 4.31. The van der Waals surface area contributed by atoms with Gasteiger partial charge in [-0.1, -0.05) is 66.6 Å². The van der Waals surface area contributed by atoms with Gasteiger partial charge in [-0.2, -0.15) is 0 Å². The van der Waals surface area contributed by atoms with Crippen LogP contribution >= 0.6 is 54.5 Å². The van der Waals surface area contributed by atoms with E-state index in [-0.39, 0.29) is 3.42 Å². The second-order valence-electron chi connectivity index (χ2n) is 2.54. The van der Waals surface area contributed by atoms with Crippen LogP contribution in [0.3, 0.4) is 0 Å². The van der Waals surface area contributed by atoms with Gasteiger partial charge < -0.3 is 0 Å². The van der Waals surface area contributed by atoms with E-state index in [4.69, 9.17) is 0 Å². The molecule has 0 aromatic rings. The number of alkyl halides is 1. The van der Waals surface area contributed by atoms with E-state index in [0.717, 1.165) is 8.96 Å². The first-order valence-electron chi connectivity index (χ1n) is 3.13. The molecule has 0 fully saturated rings. The highest BCUT2D eigenvalue weighted by molar-refractivity contribution is 14.1. The van der Waals surface area contributed by atoms with Gasteiger partial charge in [0.05, 0.1) is 3.42 Å². The van der Waals surface area contributed by atoms with E-state index in [2.05, 4.69) is 73.5 Å². The van der Waals surface area contributed by atoms with Crippen molar-refractivity contribution in [3.63, 3.8) is 0 Å². The molecule has 1 rings (SSSR count). The van der Waals surface area contributed by atoms with Gasteiger partial charge in [-0.15, -0.1) is 0 Å². The third-order valence-corrected chi connectivity index (χ3v) is 2.85. The largest absolute Gasteiger partial charge is 0.0699 e. The monoisotopic (exact) mass is 388 g/mol. The summed E-state index contributed by atoms with van der Waals surface area (Å²) in [6.45, 7) is 2.16. The van der Waals surface area contributed by atoms with Crippen LogP contribution in [0.25, 0.3) is 0 Å². The van der Waals surface area contributed by atoms with Crippen molar-refractivity contribution in [3.8, 4) is 0 Å². The minimum Gasteiger partial charge on any atom is -0.0699 e. The molecule has 0 bridgehead atoms. The smallest absolute Gasteiger partial charge is 0.0579 e. The predicted molar refractivity (Wildman–Crippen MR) is 65.6 cm³/mol. The standard InChI is InChI=1S/C8H7Br2I/c1-8(11)4-6(9)2-3-7(10)5-8/h2-5H,1H3. The van der Waals surface area contributed by atoms with Gasteiger partial charge in [-0.25, -0.2) is 0 Å². The number of hydrogen-bond acceptors (Lipinski definition) is 0. The lowest BCUT2D eigenvalue weighted by Crippen LogP contribution is -2.06. The Morgan fingerprint density at radius 3 is 1.91 bits per heavy atom. The molecule has 0 aromatic carbocycles. The summed E-state index contributed by atoms with van der Waals surface area (Å²) in [5, 5.41) is 0. The van der Waals surface area contributed by atoms with Crippen LogP contribution in [0.4, 0.5) is 0 Å². The molecule has 0 heterocycles. The van der Waals surface area contributed by atoms with E-state index < -0.39 is 0 Å². The van der Waals surface area contributed by atoms with Crippen molar-refractivity contribution in [2.24, 2.45) is 0 Å². The number of allylic oxidation sites excluding steroid dienone is 6. The van der Waals surface area contributed by atoms with Gasteiger partial charge in [-0.3, -0.25) is 0 Å². The van der Waals surface area contributed by atoms with Crippen molar-refractivity contribution in [3.05, 3.63) is 33.3 Å². The van der Waals surface area contributed by atoms with Crippen molar-refractivity contribution in [1.82, 2.24) is 0 Å². The first kappa shape index (κ1) is 9.99. The van der Waals surface area contributed by atoms with Crippen molar-refractivity contribution in [2.45, 2.75) is 10.3 Å². The molecule has 0 unspecified atom stereocenters. The van der Waals surface area contributed by atoms with Crippen LogP contribution in [0.2, 0.25) is 0 Å². The lowest BCUT2D eigenvalue weighted by molar-refractivity contribution is 1.06. The summed E-state index contributed by atoms with van der Waals surface area (Å²) in [5.41, 5.74) is 0. The number of hydrogen-bond donors (Lipinski definition) is 0. The molecule has 1 aliphatic rings. The van der Waals surface area contributed by atoms with Crippen LogP contribution in [0.15, 0.2) is 33.3 Å². The SMILES string of the molecule is CC1(I)C=C(Br)C=CC(Br)=C1. The molecule has 0 atom stereocenters. The Morgan fingerprint density at radius 2 is 1.55 bits per heavy atom. The Bertz CT molecular complexity index is 225. The highest BCUT2D eigenvalue weighted by Gasteiger charge is 2.15. The summed E-state index contributed by atoms with van der Waals surface area (Å²) in [6.07, 6.45) is 8.39. The summed E-state index contributed by atoms with van der Waals surface area (Å²) in [4.78, 5) is 0. The highest BCUT2D eigenvalue weighted by atomic mass is 127. The Hall–Kier alpha value is 0.910. The summed E-state index contributed by atoms with van der Waals surface area (Å²) >= 11 is 9.31. The minimum absolute atomic E-state index is 0.0962. The molecule has 0 saturated carbocycles. The number of halogens is 3. The average molecular weight is 390 g/mol. The molecule has 0 N–H and O–H groups in total. The number of rotatable bonds is 0. The van der Waals surface area contributed by atoms with Crippen molar-refractivity contribution >= 4 is 54.5 Å². The molecule has 0 saturated heterocycles. The molecular weight excluding hydrogens is 383 g/mol. The lowest BCUT2D eigenvalue weighted by Gasteiger charge is -2.11. The van der Waals surface area contributed by atoms with Gasteiger partial charge in [0.25, 0.3) is 0 Å². The molecule has 1 aliphatic carbocycles. The zero-order valence-corrected chi connectivity index (χ0v) is 11.3. The molecule has 0 nitrogen and oxygen atoms in total. The van der Waals surface area contributed by atoms with Gasteiger partial charge in [0.15, 0.2) is 0 Å². The van der Waals surface area contributed by atoms with E-state index in [0.29, 0.717) is 0 Å². The second-order valence-corrected chi connectivity index (χ2v) is 6.70. The van der Waals surface area contributed by atoms with Crippen LogP contribution in [0.5, 0.6) is 0 Å². The first-order chi connectivity index (χ1) is 4.99. The van der Waals surface area contributed by atoms with Crippen LogP contribution in [-0.4, -0.2) is 3.42 Å². The molecular formula is C8H7Br2I. The van der Waals surface area contributed by atoms with Gasteiger partial charge >= 0.3 is 0 Å². The molecule has 60 valence electrons. The maximum Gasteiger partial charge on any atom is 0.0579 e. The van der Waals surface area contributed by atoms with Crippen LogP contribution in [-0.2, 0) is 0 Å². The van der Waals surface area contributed by atoms with Crippen molar-refractivity contribution in [2.75, 3.05) is 0 Å². The highest BCUT2D eigenvalue weighted by Crippen LogP contribution is 2.31. The Morgan fingerprint density at radius 1 is 1.18 bits per heavy atom. The van der Waals surface area contributed by atoms with E-state index in [1.54, 1.807) is 0 Å². The topological polar surface area (TPSA) is 0 Å². The lowest BCUT2D eigenvalue weighted by atomic mass is 10.2. The second kappa shape index (κ2) is 3.75. The molecule has 3 heteroatoms. The Kier molecular flexibility index (Phi) is 3.40. The van der Waals surface area contributed by atoms with Crippen LogP contribution < -0.4 is 0 Å². The maximum atomic E-state index is 3.46. The van der Waals surface area contributed by atoms with Crippen molar-refractivity contribution < 1.29 is 0 Å². The van der Waals surface area contributed by atoms with E-state index >= 15 is 0 Å². The summed E-state index contributed by atoms with van der Waals surface area (Å²) in [6, 6.07) is 0. The fourth-order valence-corrected chi connectivity index (χ4v) is 3.58. The zero-order chi connectivity index (χ0) is 8.48. The maximum absolute atomic E-state index is 3.46. The van der Waals surface area contributed by atoms with E-state index in [1.165, 1.54) is 0 Å². The third-order valence-electron chi connectivity index (χ3n) is 1.24.